The van der Waals surface area contributed by atoms with Gasteiger partial charge in [0.25, 0.3) is 0 Å². The maximum atomic E-state index is 9.48. The van der Waals surface area contributed by atoms with Gasteiger partial charge in [-0.05, 0) is 17.5 Å². The molecule has 0 aliphatic carbocycles. The van der Waals surface area contributed by atoms with Gasteiger partial charge < -0.3 is 0 Å². The minimum absolute atomic E-state index is 0.564. The van der Waals surface area contributed by atoms with E-state index in [1.807, 2.05) is 24.3 Å². The van der Waals surface area contributed by atoms with Gasteiger partial charge in [-0.2, -0.15) is 0 Å². The number of rotatable bonds is 0. The monoisotopic (exact) mass is 217 g/mol. The average molecular weight is 217 g/mol. The zero-order valence-corrected chi connectivity index (χ0v) is 8.48. The summed E-state index contributed by atoms with van der Waals surface area (Å²) in [5.74, 6) is 0.564. The highest BCUT2D eigenvalue weighted by atomic mass is 32.2. The van der Waals surface area contributed by atoms with Crippen LogP contribution in [-0.4, -0.2) is 10.3 Å². The molecule has 74 valence electrons. The minimum Gasteiger partial charge on any atom is -0.283 e. The molecule has 0 aromatic heterocycles. The molecule has 0 bridgehead atoms. The lowest BCUT2D eigenvalue weighted by Gasteiger charge is -2.07. The van der Waals surface area contributed by atoms with Crippen LogP contribution in [0.1, 0.15) is 0 Å². The predicted octanol–water partition coefficient (Wildman–Crippen LogP) is 0.975. The number of hydroxylamine groups is 2. The van der Waals surface area contributed by atoms with Crippen molar-refractivity contribution in [3.05, 3.63) is 57.4 Å². The standard InChI is InChI=1S/C10H7N3OS/c14-13-5-6-15-10(13)9-11-7-3-1-2-4-8(7)12-9/h1-6,14H. The second kappa shape index (κ2) is 3.22. The Labute approximate surface area is 89.9 Å². The first-order valence-electron chi connectivity index (χ1n) is 4.43. The second-order valence-corrected chi connectivity index (χ2v) is 3.98. The summed E-state index contributed by atoms with van der Waals surface area (Å²) in [5, 5.41) is 14.6. The molecule has 2 aliphatic heterocycles. The molecule has 1 N–H and O–H groups in total. The number of thioether (sulfide) groups is 1. The van der Waals surface area contributed by atoms with Crippen molar-refractivity contribution < 1.29 is 5.21 Å². The molecular weight excluding hydrogens is 210 g/mol. The Morgan fingerprint density at radius 2 is 1.80 bits per heavy atom. The van der Waals surface area contributed by atoms with E-state index in [1.165, 1.54) is 11.8 Å². The van der Waals surface area contributed by atoms with E-state index in [1.54, 1.807) is 11.6 Å². The van der Waals surface area contributed by atoms with E-state index in [4.69, 9.17) is 0 Å². The molecule has 2 aliphatic rings. The first kappa shape index (κ1) is 8.70. The molecule has 0 amide bonds. The van der Waals surface area contributed by atoms with Gasteiger partial charge in [-0.3, -0.25) is 5.21 Å². The number of hydrogen-bond acceptors (Lipinski definition) is 5. The highest BCUT2D eigenvalue weighted by Crippen LogP contribution is 2.31. The molecule has 1 aromatic carbocycles. The molecule has 3 rings (SSSR count). The van der Waals surface area contributed by atoms with Gasteiger partial charge >= 0.3 is 0 Å². The van der Waals surface area contributed by atoms with Crippen LogP contribution in [0.2, 0.25) is 0 Å². The molecule has 4 nitrogen and oxygen atoms in total. The van der Waals surface area contributed by atoms with Crippen molar-refractivity contribution in [3.63, 3.8) is 0 Å². The lowest BCUT2D eigenvalue weighted by Crippen LogP contribution is -2.19. The molecule has 0 fully saturated rings. The molecule has 0 saturated heterocycles. The van der Waals surface area contributed by atoms with Gasteiger partial charge in [0.2, 0.25) is 0 Å². The lowest BCUT2D eigenvalue weighted by molar-refractivity contribution is 0.00777. The zero-order chi connectivity index (χ0) is 10.3. The van der Waals surface area contributed by atoms with Gasteiger partial charge in [-0.15, -0.1) is 0 Å². The Morgan fingerprint density at radius 3 is 2.33 bits per heavy atom. The highest BCUT2D eigenvalue weighted by Gasteiger charge is 2.17. The van der Waals surface area contributed by atoms with Crippen LogP contribution in [0.4, 0.5) is 0 Å². The van der Waals surface area contributed by atoms with Gasteiger partial charge in [0.15, 0.2) is 10.9 Å². The summed E-state index contributed by atoms with van der Waals surface area (Å²) in [4.78, 5) is 8.67. The molecule has 5 heteroatoms. The third-order valence-corrected chi connectivity index (χ3v) is 2.97. The van der Waals surface area contributed by atoms with Crippen molar-refractivity contribution in [2.75, 3.05) is 0 Å². The zero-order valence-electron chi connectivity index (χ0n) is 7.66. The Balaban J connectivity index is 2.18. The van der Waals surface area contributed by atoms with E-state index in [0.29, 0.717) is 10.9 Å². The fraction of sp³-hybridized carbons (Fsp3) is 0. The fourth-order valence-electron chi connectivity index (χ4n) is 1.43. The predicted molar refractivity (Wildman–Crippen MR) is 56.1 cm³/mol. The summed E-state index contributed by atoms with van der Waals surface area (Å²) in [6, 6.07) is 7.65. The number of hydrogen-bond donors (Lipinski definition) is 1. The SMILES string of the molecule is ON1C=CSC1=C1N=c2ccccc2=N1. The highest BCUT2D eigenvalue weighted by molar-refractivity contribution is 8.06. The molecule has 0 spiro atoms. The second-order valence-electron chi connectivity index (χ2n) is 3.09. The number of para-hydroxylation sites is 2. The Bertz CT molecular complexity index is 554. The summed E-state index contributed by atoms with van der Waals surface area (Å²) >= 11 is 1.41. The van der Waals surface area contributed by atoms with Crippen molar-refractivity contribution in [3.8, 4) is 0 Å². The molecule has 0 radical (unpaired) electrons. The molecule has 2 heterocycles. The molecule has 1 aromatic rings. The van der Waals surface area contributed by atoms with E-state index < -0.39 is 0 Å². The van der Waals surface area contributed by atoms with Crippen molar-refractivity contribution in [1.29, 1.82) is 0 Å². The molecular formula is C10H7N3OS. The largest absolute Gasteiger partial charge is 0.283 e. The summed E-state index contributed by atoms with van der Waals surface area (Å²) in [5.41, 5.74) is 0. The van der Waals surface area contributed by atoms with Crippen molar-refractivity contribution >= 4 is 11.8 Å². The van der Waals surface area contributed by atoms with Crippen LogP contribution in [0, 0.1) is 0 Å². The molecule has 0 unspecified atom stereocenters. The van der Waals surface area contributed by atoms with E-state index in [0.717, 1.165) is 15.8 Å². The fourth-order valence-corrected chi connectivity index (χ4v) is 2.10. The van der Waals surface area contributed by atoms with Crippen LogP contribution in [-0.2, 0) is 0 Å². The minimum atomic E-state index is 0.564. The summed E-state index contributed by atoms with van der Waals surface area (Å²) in [6.07, 6.45) is 1.57. The van der Waals surface area contributed by atoms with Gasteiger partial charge in [0, 0.05) is 6.20 Å². The first-order chi connectivity index (χ1) is 7.34. The smallest absolute Gasteiger partial charge is 0.186 e. The summed E-state index contributed by atoms with van der Waals surface area (Å²) < 4.78 is 0. The summed E-state index contributed by atoms with van der Waals surface area (Å²) in [7, 11) is 0. The van der Waals surface area contributed by atoms with E-state index in [2.05, 4.69) is 9.98 Å². The van der Waals surface area contributed by atoms with Gasteiger partial charge in [-0.25, -0.2) is 15.0 Å². The number of benzene rings is 1. The van der Waals surface area contributed by atoms with E-state index >= 15 is 0 Å². The maximum Gasteiger partial charge on any atom is 0.186 e. The topological polar surface area (TPSA) is 48.2 Å². The van der Waals surface area contributed by atoms with Crippen molar-refractivity contribution in [2.45, 2.75) is 0 Å². The van der Waals surface area contributed by atoms with Crippen LogP contribution >= 0.6 is 11.8 Å². The Morgan fingerprint density at radius 1 is 1.13 bits per heavy atom. The summed E-state index contributed by atoms with van der Waals surface area (Å²) in [6.45, 7) is 0. The van der Waals surface area contributed by atoms with Crippen LogP contribution in [0.15, 0.2) is 56.7 Å². The number of fused-ring (bicyclic) bond motifs is 1. The van der Waals surface area contributed by atoms with E-state index in [-0.39, 0.29) is 0 Å². The molecule has 15 heavy (non-hydrogen) atoms. The van der Waals surface area contributed by atoms with Crippen molar-refractivity contribution in [2.24, 2.45) is 9.98 Å². The molecule has 0 atom stereocenters. The Kier molecular flexibility index (Phi) is 1.87. The van der Waals surface area contributed by atoms with Gasteiger partial charge in [-0.1, -0.05) is 23.9 Å². The lowest BCUT2D eigenvalue weighted by atomic mass is 10.3. The number of nitrogens with zero attached hydrogens (tertiary/aromatic N) is 3. The first-order valence-corrected chi connectivity index (χ1v) is 5.31. The molecule has 0 saturated carbocycles. The van der Waals surface area contributed by atoms with Gasteiger partial charge in [0.1, 0.15) is 0 Å². The average Bonchev–Trinajstić information content (AvgIpc) is 2.82. The van der Waals surface area contributed by atoms with Gasteiger partial charge in [0.05, 0.1) is 10.7 Å². The van der Waals surface area contributed by atoms with Crippen LogP contribution in [0.5, 0.6) is 0 Å². The van der Waals surface area contributed by atoms with Crippen LogP contribution < -0.4 is 10.7 Å². The third-order valence-electron chi connectivity index (χ3n) is 2.12. The third kappa shape index (κ3) is 1.36. The van der Waals surface area contributed by atoms with E-state index in [9.17, 15) is 5.21 Å². The van der Waals surface area contributed by atoms with Crippen molar-refractivity contribution in [1.82, 2.24) is 5.06 Å². The van der Waals surface area contributed by atoms with Crippen LogP contribution in [0.3, 0.4) is 0 Å². The maximum absolute atomic E-state index is 9.48. The van der Waals surface area contributed by atoms with Crippen LogP contribution in [0.25, 0.3) is 0 Å². The quantitative estimate of drug-likeness (QED) is 0.704. The normalized spacial score (nSPS) is 17.8. The Hall–Kier alpha value is -1.59.